The number of anilines is 1. The zero-order valence-electron chi connectivity index (χ0n) is 20.1. The first-order valence-electron chi connectivity index (χ1n) is 11.5. The van der Waals surface area contributed by atoms with Gasteiger partial charge < -0.3 is 19.7 Å². The SMILES string of the molecule is CCOc1cccc(N2C(=O)C(=O)/C(=C(/O)c3cccc([N+](=O)[O-])c3)C2c2ccc(O)c(OCC)c2)c1. The second kappa shape index (κ2) is 10.4. The highest BCUT2D eigenvalue weighted by molar-refractivity contribution is 6.51. The molecule has 1 aliphatic heterocycles. The Morgan fingerprint density at radius 2 is 1.73 bits per heavy atom. The van der Waals surface area contributed by atoms with Gasteiger partial charge in [0.25, 0.3) is 17.4 Å². The molecule has 10 heteroatoms. The van der Waals surface area contributed by atoms with E-state index < -0.39 is 28.4 Å². The fourth-order valence-electron chi connectivity index (χ4n) is 4.20. The van der Waals surface area contributed by atoms with E-state index in [1.807, 2.05) is 6.92 Å². The minimum absolute atomic E-state index is 0.00378. The number of hydrogen-bond acceptors (Lipinski definition) is 8. The number of phenolic OH excluding ortho intramolecular Hbond substituents is 1. The standard InChI is InChI=1S/C27H24N2O8/c1-3-36-20-10-6-8-18(15-20)28-24(16-11-12-21(30)22(14-16)37-4-2)23(26(32)27(28)33)25(31)17-7-5-9-19(13-17)29(34)35/h5-15,24,30-31H,3-4H2,1-2H3/b25-23+. The van der Waals surface area contributed by atoms with Crippen molar-refractivity contribution >= 4 is 28.8 Å². The summed E-state index contributed by atoms with van der Waals surface area (Å²) in [5.74, 6) is -1.98. The summed E-state index contributed by atoms with van der Waals surface area (Å²) in [6, 6.07) is 15.0. The molecule has 0 saturated carbocycles. The van der Waals surface area contributed by atoms with Gasteiger partial charge in [0.1, 0.15) is 11.5 Å². The molecule has 1 aliphatic rings. The van der Waals surface area contributed by atoms with Gasteiger partial charge in [-0.15, -0.1) is 0 Å². The molecule has 0 aromatic heterocycles. The van der Waals surface area contributed by atoms with Crippen molar-refractivity contribution in [3.63, 3.8) is 0 Å². The predicted octanol–water partition coefficient (Wildman–Crippen LogP) is 4.72. The van der Waals surface area contributed by atoms with Crippen LogP contribution in [0.25, 0.3) is 5.76 Å². The second-order valence-corrected chi connectivity index (χ2v) is 8.07. The second-order valence-electron chi connectivity index (χ2n) is 8.07. The smallest absolute Gasteiger partial charge is 0.300 e. The third kappa shape index (κ3) is 4.81. The van der Waals surface area contributed by atoms with E-state index in [9.17, 15) is 29.9 Å². The molecular weight excluding hydrogens is 480 g/mol. The Kier molecular flexibility index (Phi) is 7.10. The molecule has 0 spiro atoms. The number of ketones is 1. The van der Waals surface area contributed by atoms with Gasteiger partial charge in [-0.1, -0.05) is 24.3 Å². The van der Waals surface area contributed by atoms with Gasteiger partial charge in [-0.3, -0.25) is 24.6 Å². The maximum absolute atomic E-state index is 13.4. The number of aliphatic hydroxyl groups is 1. The number of non-ortho nitro benzene ring substituents is 1. The first-order chi connectivity index (χ1) is 17.8. The number of aromatic hydroxyl groups is 1. The minimum atomic E-state index is -1.13. The summed E-state index contributed by atoms with van der Waals surface area (Å²) >= 11 is 0. The first kappa shape index (κ1) is 25.2. The number of carbonyl (C=O) groups is 2. The molecule has 190 valence electrons. The molecule has 4 rings (SSSR count). The van der Waals surface area contributed by atoms with Crippen molar-refractivity contribution in [3.05, 3.63) is 93.5 Å². The van der Waals surface area contributed by atoms with Crippen LogP contribution >= 0.6 is 0 Å². The van der Waals surface area contributed by atoms with Gasteiger partial charge in [0.2, 0.25) is 0 Å². The summed E-state index contributed by atoms with van der Waals surface area (Å²) in [6.45, 7) is 4.18. The maximum atomic E-state index is 13.4. The summed E-state index contributed by atoms with van der Waals surface area (Å²) in [7, 11) is 0. The predicted molar refractivity (Wildman–Crippen MR) is 135 cm³/mol. The highest BCUT2D eigenvalue weighted by Crippen LogP contribution is 2.44. The van der Waals surface area contributed by atoms with Gasteiger partial charge in [-0.05, 0) is 43.7 Å². The number of nitro groups is 1. The molecule has 0 aliphatic carbocycles. The van der Waals surface area contributed by atoms with E-state index in [1.54, 1.807) is 31.2 Å². The van der Waals surface area contributed by atoms with E-state index in [2.05, 4.69) is 0 Å². The number of amides is 1. The number of hydrogen-bond donors (Lipinski definition) is 2. The number of ether oxygens (including phenoxy) is 2. The van der Waals surface area contributed by atoms with Crippen LogP contribution in [0, 0.1) is 10.1 Å². The van der Waals surface area contributed by atoms with Crippen LogP contribution in [0.4, 0.5) is 11.4 Å². The topological polar surface area (TPSA) is 139 Å². The van der Waals surface area contributed by atoms with E-state index >= 15 is 0 Å². The number of aliphatic hydroxyl groups excluding tert-OH is 1. The van der Waals surface area contributed by atoms with E-state index in [1.165, 1.54) is 41.3 Å². The lowest BCUT2D eigenvalue weighted by atomic mass is 9.94. The minimum Gasteiger partial charge on any atom is -0.507 e. The molecule has 3 aromatic rings. The lowest BCUT2D eigenvalue weighted by Crippen LogP contribution is -2.29. The molecule has 1 unspecified atom stereocenters. The quantitative estimate of drug-likeness (QED) is 0.148. The molecule has 10 nitrogen and oxygen atoms in total. The van der Waals surface area contributed by atoms with Gasteiger partial charge >= 0.3 is 0 Å². The molecule has 1 saturated heterocycles. The molecule has 1 fully saturated rings. The molecular formula is C27H24N2O8. The molecule has 0 radical (unpaired) electrons. The van der Waals surface area contributed by atoms with Crippen molar-refractivity contribution in [1.82, 2.24) is 0 Å². The number of rotatable bonds is 8. The van der Waals surface area contributed by atoms with Crippen LogP contribution in [0.1, 0.15) is 31.0 Å². The van der Waals surface area contributed by atoms with Crippen LogP contribution < -0.4 is 14.4 Å². The Bertz CT molecular complexity index is 1420. The van der Waals surface area contributed by atoms with E-state index in [4.69, 9.17) is 9.47 Å². The van der Waals surface area contributed by atoms with Crippen molar-refractivity contribution < 1.29 is 34.2 Å². The van der Waals surface area contributed by atoms with Gasteiger partial charge in [-0.2, -0.15) is 0 Å². The van der Waals surface area contributed by atoms with Crippen LogP contribution in [0.3, 0.4) is 0 Å². The lowest BCUT2D eigenvalue weighted by molar-refractivity contribution is -0.384. The summed E-state index contributed by atoms with van der Waals surface area (Å²) < 4.78 is 11.0. The largest absolute Gasteiger partial charge is 0.507 e. The number of nitrogens with zero attached hydrogens (tertiary/aromatic N) is 2. The Hall–Kier alpha value is -4.86. The Labute approximate surface area is 212 Å². The van der Waals surface area contributed by atoms with E-state index in [-0.39, 0.29) is 34.9 Å². The van der Waals surface area contributed by atoms with Crippen molar-refractivity contribution in [2.45, 2.75) is 19.9 Å². The van der Waals surface area contributed by atoms with Crippen molar-refractivity contribution in [3.8, 4) is 17.2 Å². The molecule has 1 amide bonds. The van der Waals surface area contributed by atoms with Gasteiger partial charge in [0.05, 0.1) is 29.8 Å². The Morgan fingerprint density at radius 1 is 1.00 bits per heavy atom. The van der Waals surface area contributed by atoms with Crippen molar-refractivity contribution in [2.75, 3.05) is 18.1 Å². The summed E-state index contributed by atoms with van der Waals surface area (Å²) in [4.78, 5) is 38.6. The number of benzene rings is 3. The van der Waals surface area contributed by atoms with E-state index in [0.717, 1.165) is 6.07 Å². The maximum Gasteiger partial charge on any atom is 0.300 e. The zero-order valence-corrected chi connectivity index (χ0v) is 20.1. The lowest BCUT2D eigenvalue weighted by Gasteiger charge is -2.26. The van der Waals surface area contributed by atoms with Crippen molar-refractivity contribution in [1.29, 1.82) is 0 Å². The molecule has 37 heavy (non-hydrogen) atoms. The van der Waals surface area contributed by atoms with Gasteiger partial charge in [0, 0.05) is 29.4 Å². The van der Waals surface area contributed by atoms with Crippen LogP contribution in [0.5, 0.6) is 17.2 Å². The van der Waals surface area contributed by atoms with Crippen molar-refractivity contribution in [2.24, 2.45) is 0 Å². The van der Waals surface area contributed by atoms with Gasteiger partial charge in [-0.25, -0.2) is 0 Å². The normalized spacial score (nSPS) is 16.6. The Balaban J connectivity index is 1.96. The molecule has 3 aromatic carbocycles. The molecule has 1 atom stereocenters. The number of carbonyl (C=O) groups excluding carboxylic acids is 2. The number of Topliss-reactive ketones (excluding diaryl/α,β-unsaturated/α-hetero) is 1. The third-order valence-corrected chi connectivity index (χ3v) is 5.78. The van der Waals surface area contributed by atoms with E-state index in [0.29, 0.717) is 23.6 Å². The highest BCUT2D eigenvalue weighted by atomic mass is 16.6. The summed E-state index contributed by atoms with van der Waals surface area (Å²) in [5.41, 5.74) is 0.156. The molecule has 0 bridgehead atoms. The summed E-state index contributed by atoms with van der Waals surface area (Å²) in [6.07, 6.45) is 0. The average Bonchev–Trinajstić information content (AvgIpc) is 3.15. The average molecular weight is 504 g/mol. The monoisotopic (exact) mass is 504 g/mol. The molecule has 2 N–H and O–H groups in total. The van der Waals surface area contributed by atoms with Gasteiger partial charge in [0.15, 0.2) is 11.5 Å². The number of nitro benzene ring substituents is 1. The molecule has 1 heterocycles. The van der Waals surface area contributed by atoms with Crippen LogP contribution in [0.15, 0.2) is 72.3 Å². The highest BCUT2D eigenvalue weighted by Gasteiger charge is 2.47. The van der Waals surface area contributed by atoms with Crippen LogP contribution in [-0.2, 0) is 9.59 Å². The third-order valence-electron chi connectivity index (χ3n) is 5.78. The van der Waals surface area contributed by atoms with Crippen LogP contribution in [0.2, 0.25) is 0 Å². The van der Waals surface area contributed by atoms with Crippen LogP contribution in [-0.4, -0.2) is 40.0 Å². The first-order valence-corrected chi connectivity index (χ1v) is 11.5. The summed E-state index contributed by atoms with van der Waals surface area (Å²) in [5, 5.41) is 32.7. The zero-order chi connectivity index (χ0) is 26.7. The fraction of sp³-hybridized carbons (Fsp3) is 0.185. The Morgan fingerprint density at radius 3 is 2.43 bits per heavy atom. The fourth-order valence-corrected chi connectivity index (χ4v) is 4.20. The number of phenols is 1.